The quantitative estimate of drug-likeness (QED) is 0.114. The molecule has 0 bridgehead atoms. The molecule has 0 spiro atoms. The summed E-state index contributed by atoms with van der Waals surface area (Å²) in [6.07, 6.45) is -6.61. The highest BCUT2D eigenvalue weighted by molar-refractivity contribution is 7.17. The Hall–Kier alpha value is -4.54. The Morgan fingerprint density at radius 3 is 2.19 bits per heavy atom. The Morgan fingerprint density at radius 2 is 1.60 bits per heavy atom. The smallest absolute Gasteiger partial charge is 0.439 e. The number of halogens is 3. The van der Waals surface area contributed by atoms with Gasteiger partial charge in [-0.2, -0.15) is 13.2 Å². The average Bonchev–Trinajstić information content (AvgIpc) is 3.51. The van der Waals surface area contributed by atoms with Gasteiger partial charge >= 0.3 is 6.18 Å². The zero-order valence-electron chi connectivity index (χ0n) is 25.4. The molecule has 252 valence electrons. The molecule has 1 atom stereocenters. The molecule has 0 unspecified atom stereocenters. The van der Waals surface area contributed by atoms with E-state index in [1.54, 1.807) is 18.2 Å². The number of carbonyl (C=O) groups is 2. The SMILES string of the molecule is CC(C)(Cc1ccc(Oc2ncccc2C(N)=O)cc1)NC[C@H](O)COc1ccccc1-c1ccc(C(N)=O)s1.OC(O)C(F)(F)F. The van der Waals surface area contributed by atoms with E-state index in [4.69, 9.17) is 31.2 Å². The number of thiophene rings is 1. The lowest BCUT2D eigenvalue weighted by Gasteiger charge is -2.28. The molecule has 0 radical (unpaired) electrons. The van der Waals surface area contributed by atoms with E-state index in [-0.39, 0.29) is 23.6 Å². The van der Waals surface area contributed by atoms with Crippen LogP contribution in [0.5, 0.6) is 17.4 Å². The maximum Gasteiger partial charge on any atom is 0.439 e. The van der Waals surface area contributed by atoms with E-state index < -0.39 is 30.4 Å². The van der Waals surface area contributed by atoms with Gasteiger partial charge in [-0.05, 0) is 74.4 Å². The molecule has 2 aromatic carbocycles. The normalized spacial score (nSPS) is 12.2. The molecule has 0 aliphatic carbocycles. The van der Waals surface area contributed by atoms with Gasteiger partial charge in [0.25, 0.3) is 18.1 Å². The van der Waals surface area contributed by atoms with Crippen molar-refractivity contribution in [2.45, 2.75) is 44.4 Å². The molecule has 2 aromatic heterocycles. The van der Waals surface area contributed by atoms with E-state index >= 15 is 0 Å². The Bertz CT molecular complexity index is 1630. The number of aliphatic hydroxyl groups excluding tert-OH is 2. The Kier molecular flexibility index (Phi) is 12.8. The number of nitrogens with one attached hydrogen (secondary N) is 1. The fourth-order valence-electron chi connectivity index (χ4n) is 4.07. The lowest BCUT2D eigenvalue weighted by atomic mass is 9.94. The molecule has 15 heteroatoms. The lowest BCUT2D eigenvalue weighted by molar-refractivity contribution is -0.275. The molecule has 0 aliphatic rings. The summed E-state index contributed by atoms with van der Waals surface area (Å²) in [5.74, 6) is 0.248. The first kappa shape index (κ1) is 36.9. The summed E-state index contributed by atoms with van der Waals surface area (Å²) in [5, 5.41) is 28.7. The van der Waals surface area contributed by atoms with Gasteiger partial charge in [-0.25, -0.2) is 4.98 Å². The molecule has 0 saturated heterocycles. The van der Waals surface area contributed by atoms with Crippen LogP contribution in [-0.2, 0) is 6.42 Å². The van der Waals surface area contributed by atoms with Crippen molar-refractivity contribution in [1.29, 1.82) is 0 Å². The van der Waals surface area contributed by atoms with Crippen molar-refractivity contribution in [3.8, 4) is 27.8 Å². The van der Waals surface area contributed by atoms with E-state index in [1.165, 1.54) is 17.5 Å². The van der Waals surface area contributed by atoms with Gasteiger partial charge in [0.2, 0.25) is 5.88 Å². The summed E-state index contributed by atoms with van der Waals surface area (Å²) in [7, 11) is 0. The highest BCUT2D eigenvalue weighted by Crippen LogP contribution is 2.35. The van der Waals surface area contributed by atoms with Gasteiger partial charge in [0, 0.05) is 28.7 Å². The van der Waals surface area contributed by atoms with Gasteiger partial charge in [-0.15, -0.1) is 11.3 Å². The Balaban J connectivity index is 0.000000771. The number of alkyl halides is 3. The van der Waals surface area contributed by atoms with Crippen molar-refractivity contribution in [1.82, 2.24) is 10.3 Å². The summed E-state index contributed by atoms with van der Waals surface area (Å²) >= 11 is 1.30. The zero-order valence-corrected chi connectivity index (χ0v) is 26.2. The Morgan fingerprint density at radius 1 is 0.936 bits per heavy atom. The number of para-hydroxylation sites is 1. The number of hydrogen-bond donors (Lipinski definition) is 6. The van der Waals surface area contributed by atoms with Gasteiger partial charge in [0.15, 0.2) is 0 Å². The fraction of sp³-hybridized carbons (Fsp3) is 0.281. The summed E-state index contributed by atoms with van der Waals surface area (Å²) in [6.45, 7) is 4.54. The predicted molar refractivity (Wildman–Crippen MR) is 169 cm³/mol. The topological polar surface area (TPSA) is 190 Å². The largest absolute Gasteiger partial charge is 0.490 e. The summed E-state index contributed by atoms with van der Waals surface area (Å²) in [4.78, 5) is 28.5. The number of amides is 2. The highest BCUT2D eigenvalue weighted by Gasteiger charge is 2.36. The maximum atomic E-state index is 11.6. The van der Waals surface area contributed by atoms with Gasteiger partial charge in [0.1, 0.15) is 29.8 Å². The first-order valence-electron chi connectivity index (χ1n) is 14.0. The van der Waals surface area contributed by atoms with Crippen LogP contribution in [0.4, 0.5) is 13.2 Å². The number of rotatable bonds is 13. The molecule has 0 aliphatic heterocycles. The summed E-state index contributed by atoms with van der Waals surface area (Å²) < 4.78 is 43.7. The maximum absolute atomic E-state index is 11.6. The van der Waals surface area contributed by atoms with E-state index in [9.17, 15) is 27.9 Å². The number of hydrogen-bond acceptors (Lipinski definition) is 10. The molecule has 4 rings (SSSR count). The number of ether oxygens (including phenoxy) is 2. The van der Waals surface area contributed by atoms with Crippen LogP contribution in [0.2, 0.25) is 0 Å². The molecule has 2 amide bonds. The fourth-order valence-corrected chi connectivity index (χ4v) is 4.96. The van der Waals surface area contributed by atoms with Gasteiger partial charge in [0.05, 0.1) is 4.88 Å². The first-order valence-corrected chi connectivity index (χ1v) is 14.9. The number of β-amino-alcohol motifs (C(OH)–C–C–N with tert-alkyl or cyclic N) is 1. The molecular formula is C32H35F3N4O7S. The second-order valence-electron chi connectivity index (χ2n) is 10.8. The van der Waals surface area contributed by atoms with Crippen LogP contribution in [0.15, 0.2) is 79.0 Å². The number of primary amides is 2. The molecule has 8 N–H and O–H groups in total. The third-order valence-corrected chi connectivity index (χ3v) is 7.50. The van der Waals surface area contributed by atoms with Gasteiger partial charge in [-0.3, -0.25) is 9.59 Å². The van der Waals surface area contributed by atoms with Crippen molar-refractivity contribution < 1.29 is 47.6 Å². The summed E-state index contributed by atoms with van der Waals surface area (Å²) in [5.41, 5.74) is 12.6. The van der Waals surface area contributed by atoms with Gasteiger partial charge < -0.3 is 41.6 Å². The summed E-state index contributed by atoms with van der Waals surface area (Å²) in [6, 6.07) is 21.7. The van der Waals surface area contributed by atoms with Crippen LogP contribution in [0.1, 0.15) is 39.4 Å². The first-order chi connectivity index (χ1) is 22.1. The van der Waals surface area contributed by atoms with Crippen LogP contribution in [-0.4, -0.2) is 69.4 Å². The number of pyridine rings is 1. The second kappa shape index (κ2) is 16.3. The molecular weight excluding hydrogens is 641 g/mol. The molecule has 47 heavy (non-hydrogen) atoms. The van der Waals surface area contributed by atoms with E-state index in [1.807, 2.05) is 54.6 Å². The van der Waals surface area contributed by atoms with Crippen LogP contribution in [0, 0.1) is 0 Å². The third-order valence-electron chi connectivity index (χ3n) is 6.36. The van der Waals surface area contributed by atoms with Crippen molar-refractivity contribution in [3.05, 3.63) is 95.0 Å². The molecule has 0 fully saturated rings. The minimum atomic E-state index is -4.89. The van der Waals surface area contributed by atoms with Crippen LogP contribution in [0.25, 0.3) is 10.4 Å². The number of nitrogens with two attached hydrogens (primary N) is 2. The van der Waals surface area contributed by atoms with Crippen molar-refractivity contribution in [2.24, 2.45) is 11.5 Å². The number of nitrogens with zero attached hydrogens (tertiary/aromatic N) is 1. The average molecular weight is 677 g/mol. The third kappa shape index (κ3) is 11.6. The lowest BCUT2D eigenvalue weighted by Crippen LogP contribution is -2.46. The Labute approximate surface area is 272 Å². The number of carbonyl (C=O) groups excluding carboxylic acids is 2. The minimum absolute atomic E-state index is 0.0982. The molecule has 4 aromatic rings. The highest BCUT2D eigenvalue weighted by atomic mass is 32.1. The van der Waals surface area contributed by atoms with E-state index in [0.29, 0.717) is 29.3 Å². The van der Waals surface area contributed by atoms with E-state index in [0.717, 1.165) is 16.0 Å². The van der Waals surface area contributed by atoms with Crippen LogP contribution >= 0.6 is 11.3 Å². The standard InChI is InChI=1S/C30H32N4O5S.C2H3F3O2/c1-30(2,16-19-9-11-21(12-10-19)39-29-23(27(31)36)7-5-15-33-29)34-17-20(35)18-38-24-8-4-3-6-22(24)25-13-14-26(40-25)28(32)37;3-2(4,5)1(6)7/h3-15,20,34-35H,16-18H2,1-2H3,(H2,31,36)(H2,32,37);1,6-7H/t20-;/m0./s1. The second-order valence-corrected chi connectivity index (χ2v) is 11.9. The van der Waals surface area contributed by atoms with Crippen LogP contribution < -0.4 is 26.3 Å². The number of aliphatic hydroxyl groups is 3. The van der Waals surface area contributed by atoms with Crippen molar-refractivity contribution in [3.63, 3.8) is 0 Å². The van der Waals surface area contributed by atoms with Crippen molar-refractivity contribution >= 4 is 23.2 Å². The minimum Gasteiger partial charge on any atom is -0.490 e. The number of benzene rings is 2. The molecule has 0 saturated carbocycles. The molecule has 2 heterocycles. The zero-order chi connectivity index (χ0) is 34.8. The van der Waals surface area contributed by atoms with E-state index in [2.05, 4.69) is 24.1 Å². The van der Waals surface area contributed by atoms with Crippen molar-refractivity contribution in [2.75, 3.05) is 13.2 Å². The van der Waals surface area contributed by atoms with Gasteiger partial charge in [-0.1, -0.05) is 24.3 Å². The number of aromatic nitrogens is 1. The molecule has 11 nitrogen and oxygen atoms in total. The predicted octanol–water partition coefficient (Wildman–Crippen LogP) is 4.01. The monoisotopic (exact) mass is 676 g/mol. The van der Waals surface area contributed by atoms with Crippen LogP contribution in [0.3, 0.4) is 0 Å².